The first kappa shape index (κ1) is 25.9. The zero-order valence-electron chi connectivity index (χ0n) is 16.5. The van der Waals surface area contributed by atoms with Crippen LogP contribution in [0.1, 0.15) is 17.0 Å². The number of aromatic nitrogens is 2. The van der Waals surface area contributed by atoms with E-state index >= 15 is 0 Å². The minimum absolute atomic E-state index is 0.00366. The van der Waals surface area contributed by atoms with Crippen LogP contribution in [0.15, 0.2) is 52.0 Å². The van der Waals surface area contributed by atoms with Gasteiger partial charge in [0.1, 0.15) is 0 Å². The summed E-state index contributed by atoms with van der Waals surface area (Å²) in [6.07, 6.45) is -9.80. The summed E-state index contributed by atoms with van der Waals surface area (Å²) in [5.74, 6) is -1.79. The van der Waals surface area contributed by atoms with Crippen molar-refractivity contribution in [3.8, 4) is 11.4 Å². The number of alkyl halides is 6. The van der Waals surface area contributed by atoms with Gasteiger partial charge >= 0.3 is 18.2 Å². The Morgan fingerprint density at radius 2 is 1.65 bits per heavy atom. The van der Waals surface area contributed by atoms with Crippen LogP contribution in [0.4, 0.5) is 26.3 Å². The Morgan fingerprint density at radius 3 is 2.18 bits per heavy atom. The zero-order chi connectivity index (χ0) is 25.3. The second-order valence-corrected chi connectivity index (χ2v) is 7.88. The Labute approximate surface area is 202 Å². The number of allylic oxidation sites excluding steroid dienone is 1. The highest BCUT2D eigenvalue weighted by Crippen LogP contribution is 2.33. The summed E-state index contributed by atoms with van der Waals surface area (Å²) in [7, 11) is 0. The summed E-state index contributed by atoms with van der Waals surface area (Å²) in [5, 5.41) is 12.7. The average Bonchev–Trinajstić information content (AvgIpc) is 3.25. The highest BCUT2D eigenvalue weighted by Gasteiger charge is 2.39. The molecule has 0 aliphatic heterocycles. The largest absolute Gasteiger partial charge is 0.471 e. The van der Waals surface area contributed by atoms with Crippen molar-refractivity contribution in [3.05, 3.63) is 74.6 Å². The highest BCUT2D eigenvalue weighted by molar-refractivity contribution is 6.47. The fourth-order valence-corrected chi connectivity index (χ4v) is 3.43. The molecule has 180 valence electrons. The summed E-state index contributed by atoms with van der Waals surface area (Å²) >= 11 is 17.9. The van der Waals surface area contributed by atoms with Crippen LogP contribution in [0.5, 0.6) is 0 Å². The van der Waals surface area contributed by atoms with E-state index in [0.717, 1.165) is 0 Å². The molecule has 0 saturated carbocycles. The van der Waals surface area contributed by atoms with Crippen LogP contribution >= 0.6 is 34.8 Å². The van der Waals surface area contributed by atoms with Gasteiger partial charge in [-0.3, -0.25) is 5.41 Å². The standard InChI is InChI=1S/C20H11Cl3F6N4O/c21-11-5-6-12(13(22)7-11)15(14(23)16(30)19(24,25)26)31-8-9-1-3-10(4-2-9)17-32-18(34-33-17)20(27,28)29/h1-7,30-31H,8H2/b15-14+,30-16?. The molecule has 0 bridgehead atoms. The molecule has 0 atom stereocenters. The lowest BCUT2D eigenvalue weighted by atomic mass is 10.1. The lowest BCUT2D eigenvalue weighted by molar-refractivity contribution is -0.159. The molecule has 0 amide bonds. The molecular weight excluding hydrogens is 533 g/mol. The Morgan fingerprint density at radius 1 is 1.00 bits per heavy atom. The van der Waals surface area contributed by atoms with Gasteiger partial charge in [0.25, 0.3) is 0 Å². The minimum atomic E-state index is -5.01. The molecule has 34 heavy (non-hydrogen) atoms. The van der Waals surface area contributed by atoms with Crippen LogP contribution in [0, 0.1) is 5.41 Å². The van der Waals surface area contributed by atoms with Crippen molar-refractivity contribution in [3.63, 3.8) is 0 Å². The minimum Gasteiger partial charge on any atom is -0.379 e. The second kappa shape index (κ2) is 9.85. The summed E-state index contributed by atoms with van der Waals surface area (Å²) in [4.78, 5) is 3.28. The summed E-state index contributed by atoms with van der Waals surface area (Å²) in [6, 6.07) is 9.81. The summed E-state index contributed by atoms with van der Waals surface area (Å²) in [5.41, 5.74) is -1.24. The van der Waals surface area contributed by atoms with Crippen LogP contribution in [0.25, 0.3) is 17.1 Å². The van der Waals surface area contributed by atoms with Crippen molar-refractivity contribution in [1.29, 1.82) is 5.41 Å². The molecule has 0 unspecified atom stereocenters. The molecule has 1 heterocycles. The first-order valence-corrected chi connectivity index (χ1v) is 10.2. The van der Waals surface area contributed by atoms with E-state index in [1.165, 1.54) is 42.5 Å². The molecule has 5 nitrogen and oxygen atoms in total. The van der Waals surface area contributed by atoms with Crippen molar-refractivity contribution in [2.75, 3.05) is 0 Å². The van der Waals surface area contributed by atoms with Crippen LogP contribution in [0.2, 0.25) is 10.0 Å². The van der Waals surface area contributed by atoms with E-state index in [1.807, 2.05) is 0 Å². The zero-order valence-corrected chi connectivity index (χ0v) is 18.7. The number of rotatable bonds is 6. The average molecular weight is 544 g/mol. The van der Waals surface area contributed by atoms with Gasteiger partial charge in [-0.2, -0.15) is 31.3 Å². The number of hydrogen-bond acceptors (Lipinski definition) is 5. The molecule has 0 saturated heterocycles. The Kier molecular flexibility index (Phi) is 7.49. The van der Waals surface area contributed by atoms with E-state index in [0.29, 0.717) is 5.56 Å². The quantitative estimate of drug-likeness (QED) is 0.252. The van der Waals surface area contributed by atoms with Gasteiger partial charge in [0, 0.05) is 22.7 Å². The fraction of sp³-hybridized carbons (Fsp3) is 0.150. The van der Waals surface area contributed by atoms with Crippen molar-refractivity contribution < 1.29 is 30.9 Å². The smallest absolute Gasteiger partial charge is 0.379 e. The molecule has 3 rings (SSSR count). The monoisotopic (exact) mass is 542 g/mol. The van der Waals surface area contributed by atoms with Crippen molar-refractivity contribution in [2.24, 2.45) is 0 Å². The van der Waals surface area contributed by atoms with Gasteiger partial charge < -0.3 is 9.84 Å². The molecule has 1 aromatic heterocycles. The Bertz CT molecular complexity index is 1240. The molecule has 0 aliphatic carbocycles. The van der Waals surface area contributed by atoms with Gasteiger partial charge in [-0.1, -0.05) is 64.2 Å². The van der Waals surface area contributed by atoms with E-state index < -0.39 is 29.0 Å². The predicted molar refractivity (Wildman–Crippen MR) is 115 cm³/mol. The summed E-state index contributed by atoms with van der Waals surface area (Å²) in [6.45, 7) is -0.0734. The maximum atomic E-state index is 13.1. The van der Waals surface area contributed by atoms with Gasteiger partial charge in [0.05, 0.1) is 15.8 Å². The van der Waals surface area contributed by atoms with Crippen LogP contribution < -0.4 is 5.32 Å². The molecule has 0 spiro atoms. The van der Waals surface area contributed by atoms with Gasteiger partial charge in [-0.05, 0) is 23.8 Å². The number of hydrogen-bond donors (Lipinski definition) is 2. The van der Waals surface area contributed by atoms with Gasteiger partial charge in [-0.25, -0.2) is 0 Å². The van der Waals surface area contributed by atoms with Gasteiger partial charge in [0.2, 0.25) is 5.82 Å². The van der Waals surface area contributed by atoms with Crippen LogP contribution in [-0.4, -0.2) is 22.0 Å². The summed E-state index contributed by atoms with van der Waals surface area (Å²) < 4.78 is 81.3. The third kappa shape index (κ3) is 6.02. The molecule has 3 aromatic rings. The number of halogens is 9. The molecule has 0 fully saturated rings. The predicted octanol–water partition coefficient (Wildman–Crippen LogP) is 7.34. The van der Waals surface area contributed by atoms with Crippen LogP contribution in [0.3, 0.4) is 0 Å². The highest BCUT2D eigenvalue weighted by atomic mass is 35.5. The Hall–Kier alpha value is -2.76. The molecule has 0 aliphatic rings. The van der Waals surface area contributed by atoms with Crippen molar-refractivity contribution >= 4 is 46.2 Å². The maximum absolute atomic E-state index is 13.1. The fourth-order valence-electron chi connectivity index (χ4n) is 2.65. The molecule has 2 N–H and O–H groups in total. The van der Waals surface area contributed by atoms with Gasteiger partial charge in [-0.15, -0.1) is 0 Å². The molecular formula is C20H11Cl3F6N4O. The molecule has 0 radical (unpaired) electrons. The number of benzene rings is 2. The van der Waals surface area contributed by atoms with E-state index in [-0.39, 0.29) is 39.2 Å². The van der Waals surface area contributed by atoms with Crippen LogP contribution in [-0.2, 0) is 12.7 Å². The van der Waals surface area contributed by atoms with Gasteiger partial charge in [0.15, 0.2) is 5.71 Å². The third-order valence-electron chi connectivity index (χ3n) is 4.27. The lowest BCUT2D eigenvalue weighted by Gasteiger charge is -2.17. The number of nitrogens with zero attached hydrogens (tertiary/aromatic N) is 2. The van der Waals surface area contributed by atoms with E-state index in [2.05, 4.69) is 20.0 Å². The topological polar surface area (TPSA) is 74.8 Å². The lowest BCUT2D eigenvalue weighted by Crippen LogP contribution is -2.25. The normalized spacial score (nSPS) is 13.0. The first-order chi connectivity index (χ1) is 15.8. The van der Waals surface area contributed by atoms with E-state index in [4.69, 9.17) is 40.2 Å². The Balaban J connectivity index is 1.87. The maximum Gasteiger partial charge on any atom is 0.471 e. The number of nitrogens with one attached hydrogen (secondary N) is 2. The SMILES string of the molecule is N=C(/C(Cl)=C(\NCc1ccc(-c2noc(C(F)(F)F)n2)cc1)c1ccc(Cl)cc1Cl)C(F)(F)F. The van der Waals surface area contributed by atoms with Crippen molar-refractivity contribution in [1.82, 2.24) is 15.5 Å². The molecule has 14 heteroatoms. The second-order valence-electron chi connectivity index (χ2n) is 6.66. The van der Waals surface area contributed by atoms with E-state index in [1.54, 1.807) is 0 Å². The van der Waals surface area contributed by atoms with E-state index in [9.17, 15) is 26.3 Å². The van der Waals surface area contributed by atoms with Crippen molar-refractivity contribution in [2.45, 2.75) is 18.9 Å². The molecule has 2 aromatic carbocycles. The first-order valence-electron chi connectivity index (χ1n) is 9.02. The third-order valence-corrected chi connectivity index (χ3v) is 5.20.